The molecule has 0 saturated carbocycles. The van der Waals surface area contributed by atoms with E-state index in [1.165, 1.54) is 24.9 Å². The summed E-state index contributed by atoms with van der Waals surface area (Å²) in [4.78, 5) is 23.8. The van der Waals surface area contributed by atoms with E-state index in [0.717, 1.165) is 41.3 Å². The second kappa shape index (κ2) is 7.54. The van der Waals surface area contributed by atoms with Gasteiger partial charge >= 0.3 is 0 Å². The smallest absolute Gasteiger partial charge is 0.228 e. The zero-order valence-electron chi connectivity index (χ0n) is 16.2. The lowest BCUT2D eigenvalue weighted by molar-refractivity contribution is -0.115. The van der Waals surface area contributed by atoms with Crippen molar-refractivity contribution in [2.45, 2.75) is 25.7 Å². The minimum atomic E-state index is -0.0474. The van der Waals surface area contributed by atoms with Crippen LogP contribution in [-0.4, -0.2) is 29.0 Å². The number of piperidine rings is 1. The van der Waals surface area contributed by atoms with Gasteiger partial charge in [-0.15, -0.1) is 0 Å². The van der Waals surface area contributed by atoms with E-state index in [1.54, 1.807) is 6.20 Å². The van der Waals surface area contributed by atoms with Gasteiger partial charge in [0.2, 0.25) is 11.9 Å². The van der Waals surface area contributed by atoms with Crippen molar-refractivity contribution in [3.05, 3.63) is 60.3 Å². The van der Waals surface area contributed by atoms with Gasteiger partial charge in [0.05, 0.1) is 17.8 Å². The molecule has 6 heteroatoms. The third-order valence-corrected chi connectivity index (χ3v) is 5.52. The maximum absolute atomic E-state index is 12.2. The number of rotatable bonds is 3. The summed E-state index contributed by atoms with van der Waals surface area (Å²) in [5.41, 5.74) is 5.53. The van der Waals surface area contributed by atoms with Crippen LogP contribution in [0.1, 0.15) is 24.8 Å². The number of amides is 1. The fraction of sp³-hybridized carbons (Fsp3) is 0.261. The van der Waals surface area contributed by atoms with Gasteiger partial charge in [-0.25, -0.2) is 9.97 Å². The van der Waals surface area contributed by atoms with E-state index in [4.69, 9.17) is 4.98 Å². The Bertz CT molecular complexity index is 1040. The summed E-state index contributed by atoms with van der Waals surface area (Å²) in [6, 6.07) is 16.2. The molecule has 3 heterocycles. The molecule has 29 heavy (non-hydrogen) atoms. The zero-order valence-corrected chi connectivity index (χ0v) is 16.2. The third-order valence-electron chi connectivity index (χ3n) is 5.52. The van der Waals surface area contributed by atoms with Crippen molar-refractivity contribution >= 4 is 28.9 Å². The first-order valence-electron chi connectivity index (χ1n) is 10.1. The number of benzene rings is 2. The Hall–Kier alpha value is -3.41. The summed E-state index contributed by atoms with van der Waals surface area (Å²) >= 11 is 0. The topological polar surface area (TPSA) is 70.2 Å². The van der Waals surface area contributed by atoms with Crippen molar-refractivity contribution in [2.24, 2.45) is 0 Å². The van der Waals surface area contributed by atoms with Crippen molar-refractivity contribution in [1.82, 2.24) is 9.97 Å². The van der Waals surface area contributed by atoms with Crippen LogP contribution in [0.25, 0.3) is 11.3 Å². The van der Waals surface area contributed by atoms with Crippen LogP contribution in [-0.2, 0) is 11.2 Å². The number of aromatic nitrogens is 2. The summed E-state index contributed by atoms with van der Waals surface area (Å²) in [5, 5.41) is 6.24. The molecule has 0 aliphatic carbocycles. The van der Waals surface area contributed by atoms with Crippen LogP contribution in [0.5, 0.6) is 0 Å². The van der Waals surface area contributed by atoms with Gasteiger partial charge < -0.3 is 15.5 Å². The fourth-order valence-corrected chi connectivity index (χ4v) is 4.03. The number of carbonyl (C=O) groups excluding carboxylic acids is 1. The summed E-state index contributed by atoms with van der Waals surface area (Å²) in [7, 11) is 0. The highest BCUT2D eigenvalue weighted by Gasteiger charge is 2.20. The molecule has 0 spiro atoms. The molecule has 2 N–H and O–H groups in total. The summed E-state index contributed by atoms with van der Waals surface area (Å²) < 4.78 is 0. The molecule has 2 aliphatic heterocycles. The second-order valence-corrected chi connectivity index (χ2v) is 7.56. The van der Waals surface area contributed by atoms with Gasteiger partial charge in [0.1, 0.15) is 0 Å². The van der Waals surface area contributed by atoms with E-state index >= 15 is 0 Å². The number of nitrogens with one attached hydrogen (secondary N) is 2. The van der Waals surface area contributed by atoms with Crippen molar-refractivity contribution in [3.63, 3.8) is 0 Å². The Morgan fingerprint density at radius 2 is 1.76 bits per heavy atom. The molecule has 1 saturated heterocycles. The van der Waals surface area contributed by atoms with Crippen LogP contribution in [0.15, 0.2) is 54.7 Å². The molecule has 3 aromatic rings. The Labute approximate surface area is 170 Å². The number of hydrogen-bond donors (Lipinski definition) is 2. The zero-order chi connectivity index (χ0) is 19.6. The highest BCUT2D eigenvalue weighted by atomic mass is 16.1. The predicted octanol–water partition coefficient (Wildman–Crippen LogP) is 4.37. The lowest BCUT2D eigenvalue weighted by Crippen LogP contribution is -2.29. The van der Waals surface area contributed by atoms with Gasteiger partial charge in [-0.1, -0.05) is 18.2 Å². The molecule has 2 aliphatic rings. The summed E-state index contributed by atoms with van der Waals surface area (Å²) in [6.07, 6.45) is 5.88. The normalized spacial score (nSPS) is 15.7. The van der Waals surface area contributed by atoms with Gasteiger partial charge in [0.25, 0.3) is 0 Å². The van der Waals surface area contributed by atoms with Crippen molar-refractivity contribution in [1.29, 1.82) is 0 Å². The number of nitrogens with zero attached hydrogens (tertiary/aromatic N) is 3. The van der Waals surface area contributed by atoms with Crippen molar-refractivity contribution in [2.75, 3.05) is 28.6 Å². The predicted molar refractivity (Wildman–Crippen MR) is 116 cm³/mol. The number of hydrogen-bond acceptors (Lipinski definition) is 5. The SMILES string of the molecule is O=C1Cc2cnc(Nc3ccc(N4CCCCC4)cc3)nc2-c2ccccc2N1. The largest absolute Gasteiger partial charge is 0.372 e. The van der Waals surface area contributed by atoms with Crippen LogP contribution in [0, 0.1) is 0 Å². The Balaban J connectivity index is 1.41. The van der Waals surface area contributed by atoms with E-state index in [9.17, 15) is 4.79 Å². The van der Waals surface area contributed by atoms with Crippen LogP contribution in [0.4, 0.5) is 23.0 Å². The molecule has 1 aromatic heterocycles. The van der Waals surface area contributed by atoms with Crippen LogP contribution in [0.3, 0.4) is 0 Å². The van der Waals surface area contributed by atoms with Crippen molar-refractivity contribution in [3.8, 4) is 11.3 Å². The molecule has 146 valence electrons. The molecule has 5 rings (SSSR count). The molecule has 2 aromatic carbocycles. The molecule has 1 fully saturated rings. The van der Waals surface area contributed by atoms with Crippen LogP contribution >= 0.6 is 0 Å². The molecule has 0 radical (unpaired) electrons. The molecule has 0 bridgehead atoms. The Kier molecular flexibility index (Phi) is 4.60. The van der Waals surface area contributed by atoms with E-state index in [0.29, 0.717) is 5.95 Å². The number of para-hydroxylation sites is 1. The maximum Gasteiger partial charge on any atom is 0.228 e. The first kappa shape index (κ1) is 17.7. The summed E-state index contributed by atoms with van der Waals surface area (Å²) in [5.74, 6) is 0.479. The highest BCUT2D eigenvalue weighted by Crippen LogP contribution is 2.33. The molecular weight excluding hydrogens is 362 g/mol. The number of carbonyl (C=O) groups is 1. The number of anilines is 4. The average Bonchev–Trinajstić information content (AvgIpc) is 2.90. The van der Waals surface area contributed by atoms with Gasteiger partial charge in [-0.05, 0) is 49.6 Å². The lowest BCUT2D eigenvalue weighted by atomic mass is 10.1. The molecule has 0 atom stereocenters. The third kappa shape index (κ3) is 3.66. The van der Waals surface area contributed by atoms with Gasteiger partial charge in [0.15, 0.2) is 0 Å². The van der Waals surface area contributed by atoms with Crippen LogP contribution < -0.4 is 15.5 Å². The van der Waals surface area contributed by atoms with Gasteiger partial charge in [0, 0.05) is 41.8 Å². The first-order valence-corrected chi connectivity index (χ1v) is 10.1. The Morgan fingerprint density at radius 3 is 2.59 bits per heavy atom. The van der Waals surface area contributed by atoms with Crippen molar-refractivity contribution < 1.29 is 4.79 Å². The average molecular weight is 385 g/mol. The minimum Gasteiger partial charge on any atom is -0.372 e. The number of fused-ring (bicyclic) bond motifs is 3. The Morgan fingerprint density at radius 1 is 0.966 bits per heavy atom. The lowest BCUT2D eigenvalue weighted by Gasteiger charge is -2.28. The highest BCUT2D eigenvalue weighted by molar-refractivity contribution is 5.99. The van der Waals surface area contributed by atoms with E-state index < -0.39 is 0 Å². The quantitative estimate of drug-likeness (QED) is 0.700. The van der Waals surface area contributed by atoms with Gasteiger partial charge in [-0.2, -0.15) is 0 Å². The monoisotopic (exact) mass is 385 g/mol. The molecule has 1 amide bonds. The molecular formula is C23H23N5O. The van der Waals surface area contributed by atoms with Gasteiger partial charge in [-0.3, -0.25) is 4.79 Å². The van der Waals surface area contributed by atoms with Crippen LogP contribution in [0.2, 0.25) is 0 Å². The second-order valence-electron chi connectivity index (χ2n) is 7.56. The van der Waals surface area contributed by atoms with E-state index in [1.807, 2.05) is 24.3 Å². The molecule has 6 nitrogen and oxygen atoms in total. The first-order chi connectivity index (χ1) is 14.3. The summed E-state index contributed by atoms with van der Waals surface area (Å²) in [6.45, 7) is 2.26. The standard InChI is InChI=1S/C23H23N5O/c29-21-14-16-15-24-23(27-22(16)19-6-2-3-7-20(19)26-21)25-17-8-10-18(11-9-17)28-12-4-1-5-13-28/h2-3,6-11,15H,1,4-5,12-14H2,(H,26,29)(H,24,25,27). The fourth-order valence-electron chi connectivity index (χ4n) is 4.03. The van der Waals surface area contributed by atoms with E-state index in [-0.39, 0.29) is 12.3 Å². The maximum atomic E-state index is 12.2. The minimum absolute atomic E-state index is 0.0474. The molecule has 0 unspecified atom stereocenters. The van der Waals surface area contributed by atoms with E-state index in [2.05, 4.69) is 44.8 Å².